The van der Waals surface area contributed by atoms with Crippen molar-refractivity contribution in [1.29, 1.82) is 0 Å². The summed E-state index contributed by atoms with van der Waals surface area (Å²) in [5, 5.41) is 10.0. The van der Waals surface area contributed by atoms with Crippen LogP contribution >= 0.6 is 11.8 Å². The van der Waals surface area contributed by atoms with E-state index in [1.54, 1.807) is 21.6 Å². The third-order valence-corrected chi connectivity index (χ3v) is 8.80. The lowest BCUT2D eigenvalue weighted by Gasteiger charge is -2.39. The molecular formula is C24H34N2O5S. The number of thioether (sulfide) groups is 1. The van der Waals surface area contributed by atoms with Crippen LogP contribution in [0.1, 0.15) is 40.5 Å². The minimum atomic E-state index is -0.856. The van der Waals surface area contributed by atoms with E-state index in [1.165, 1.54) is 0 Å². The molecule has 0 bridgehead atoms. The van der Waals surface area contributed by atoms with Gasteiger partial charge in [-0.2, -0.15) is 0 Å². The second-order valence-corrected chi connectivity index (χ2v) is 11.4. The van der Waals surface area contributed by atoms with Crippen LogP contribution in [0.3, 0.4) is 0 Å². The Kier molecular flexibility index (Phi) is 6.47. The van der Waals surface area contributed by atoms with Gasteiger partial charge < -0.3 is 19.6 Å². The normalized spacial score (nSPS) is 35.4. The van der Waals surface area contributed by atoms with E-state index in [9.17, 15) is 19.5 Å². The summed E-state index contributed by atoms with van der Waals surface area (Å²) < 4.78 is 4.63. The molecule has 4 aliphatic heterocycles. The highest BCUT2D eigenvalue weighted by atomic mass is 32.2. The predicted molar refractivity (Wildman–Crippen MR) is 123 cm³/mol. The molecule has 4 rings (SSSR count). The zero-order valence-corrected chi connectivity index (χ0v) is 20.1. The Bertz CT molecular complexity index is 840. The van der Waals surface area contributed by atoms with Gasteiger partial charge in [0.2, 0.25) is 11.8 Å². The third kappa shape index (κ3) is 3.59. The number of aliphatic hydroxyl groups excluding tert-OH is 1. The van der Waals surface area contributed by atoms with E-state index in [-0.39, 0.29) is 41.6 Å². The number of fused-ring (bicyclic) bond motifs is 2. The van der Waals surface area contributed by atoms with Gasteiger partial charge in [0.25, 0.3) is 0 Å². The van der Waals surface area contributed by atoms with Crippen molar-refractivity contribution in [3.05, 3.63) is 24.3 Å². The average Bonchev–Trinajstić information content (AvgIpc) is 3.10. The Morgan fingerprint density at radius 2 is 1.94 bits per heavy atom. The molecule has 4 heterocycles. The molecule has 2 fully saturated rings. The first-order valence-electron chi connectivity index (χ1n) is 11.6. The number of amides is 2. The summed E-state index contributed by atoms with van der Waals surface area (Å²) in [6.07, 6.45) is 9.22. The summed E-state index contributed by atoms with van der Waals surface area (Å²) >= 11 is 1.54. The molecular weight excluding hydrogens is 428 g/mol. The summed E-state index contributed by atoms with van der Waals surface area (Å²) in [5.74, 6) is -1.78. The van der Waals surface area contributed by atoms with Gasteiger partial charge in [0.05, 0.1) is 35.8 Å². The largest absolute Gasteiger partial charge is 0.465 e. The highest BCUT2D eigenvalue weighted by molar-refractivity contribution is 8.02. The lowest BCUT2D eigenvalue weighted by molar-refractivity contribution is -0.153. The molecule has 2 amide bonds. The number of hydrogen-bond acceptors (Lipinski definition) is 6. The van der Waals surface area contributed by atoms with Crippen LogP contribution in [0.4, 0.5) is 0 Å². The number of esters is 1. The predicted octanol–water partition coefficient (Wildman–Crippen LogP) is 2.00. The van der Waals surface area contributed by atoms with E-state index in [2.05, 4.69) is 0 Å². The van der Waals surface area contributed by atoms with E-state index in [1.807, 2.05) is 52.0 Å². The van der Waals surface area contributed by atoms with E-state index in [0.717, 1.165) is 0 Å². The fourth-order valence-electron chi connectivity index (χ4n) is 5.74. The molecule has 0 aromatic carbocycles. The van der Waals surface area contributed by atoms with Gasteiger partial charge >= 0.3 is 5.97 Å². The van der Waals surface area contributed by atoms with Crippen molar-refractivity contribution in [1.82, 2.24) is 9.80 Å². The van der Waals surface area contributed by atoms with E-state index in [4.69, 9.17) is 4.74 Å². The monoisotopic (exact) mass is 462 g/mol. The van der Waals surface area contributed by atoms with Gasteiger partial charge in [0.1, 0.15) is 6.04 Å². The SMILES string of the molecule is CC(C)C[C@H](CO)N1C(=O)[C@@H]2[C@@H]3C(=O)OCCC=C[C@@H]3S[C@@]23C=CCN(C(C)C)C(=O)C13. The van der Waals surface area contributed by atoms with Crippen molar-refractivity contribution in [2.45, 2.75) is 68.7 Å². The first-order chi connectivity index (χ1) is 15.2. The van der Waals surface area contributed by atoms with Gasteiger partial charge in [-0.05, 0) is 32.6 Å². The van der Waals surface area contributed by atoms with E-state index >= 15 is 0 Å². The maximum Gasteiger partial charge on any atom is 0.311 e. The number of carbonyl (C=O) groups is 3. The van der Waals surface area contributed by atoms with Crippen LogP contribution in [-0.2, 0) is 19.1 Å². The number of hydrogen-bond donors (Lipinski definition) is 1. The Morgan fingerprint density at radius 3 is 2.59 bits per heavy atom. The Labute approximate surface area is 194 Å². The van der Waals surface area contributed by atoms with E-state index in [0.29, 0.717) is 26.0 Å². The van der Waals surface area contributed by atoms with Crippen molar-refractivity contribution in [2.75, 3.05) is 19.8 Å². The third-order valence-electron chi connectivity index (χ3n) is 7.06. The zero-order chi connectivity index (χ0) is 23.2. The number of cyclic esters (lactones) is 1. The fourth-order valence-corrected chi connectivity index (χ4v) is 7.73. The molecule has 0 aliphatic carbocycles. The van der Waals surface area contributed by atoms with Crippen LogP contribution in [0.2, 0.25) is 0 Å². The topological polar surface area (TPSA) is 87.2 Å². The highest BCUT2D eigenvalue weighted by Crippen LogP contribution is 2.61. The fraction of sp³-hybridized carbons (Fsp3) is 0.708. The molecule has 1 spiro atoms. The number of nitrogens with zero attached hydrogens (tertiary/aromatic N) is 2. The van der Waals surface area contributed by atoms with Crippen LogP contribution in [-0.4, -0.2) is 80.6 Å². The number of aliphatic hydroxyl groups is 1. The van der Waals surface area contributed by atoms with Crippen LogP contribution in [0.25, 0.3) is 0 Å². The minimum Gasteiger partial charge on any atom is -0.465 e. The van der Waals surface area contributed by atoms with Gasteiger partial charge in [-0.3, -0.25) is 14.4 Å². The summed E-state index contributed by atoms with van der Waals surface area (Å²) in [6, 6.07) is -1.25. The maximum absolute atomic E-state index is 14.0. The van der Waals surface area contributed by atoms with E-state index < -0.39 is 28.7 Å². The van der Waals surface area contributed by atoms with Crippen LogP contribution in [0, 0.1) is 17.8 Å². The van der Waals surface area contributed by atoms with Crippen LogP contribution < -0.4 is 0 Å². The number of ether oxygens (including phenoxy) is 1. The van der Waals surface area contributed by atoms with Gasteiger partial charge in [-0.1, -0.05) is 38.2 Å². The molecule has 32 heavy (non-hydrogen) atoms. The lowest BCUT2D eigenvalue weighted by Crippen LogP contribution is -2.57. The van der Waals surface area contributed by atoms with Crippen molar-refractivity contribution < 1.29 is 24.2 Å². The molecule has 176 valence electrons. The minimum absolute atomic E-state index is 0.0269. The molecule has 0 saturated carbocycles. The van der Waals surface area contributed by atoms with Crippen molar-refractivity contribution in [3.8, 4) is 0 Å². The first-order valence-corrected chi connectivity index (χ1v) is 12.5. The molecule has 6 atom stereocenters. The van der Waals surface area contributed by atoms with Gasteiger partial charge in [0.15, 0.2) is 0 Å². The molecule has 4 aliphatic rings. The first kappa shape index (κ1) is 23.4. The lowest BCUT2D eigenvalue weighted by atomic mass is 9.78. The molecule has 2 saturated heterocycles. The Morgan fingerprint density at radius 1 is 1.19 bits per heavy atom. The average molecular weight is 463 g/mol. The molecule has 1 unspecified atom stereocenters. The van der Waals surface area contributed by atoms with Gasteiger partial charge in [-0.15, -0.1) is 11.8 Å². The Hall–Kier alpha value is -1.80. The summed E-state index contributed by atoms with van der Waals surface area (Å²) in [4.78, 5) is 44.5. The summed E-state index contributed by atoms with van der Waals surface area (Å²) in [7, 11) is 0. The molecule has 7 nitrogen and oxygen atoms in total. The van der Waals surface area contributed by atoms with Crippen molar-refractivity contribution >= 4 is 29.5 Å². The summed E-state index contributed by atoms with van der Waals surface area (Å²) in [6.45, 7) is 8.56. The molecule has 0 aromatic rings. The molecule has 0 aromatic heterocycles. The molecule has 1 N–H and O–H groups in total. The smallest absolute Gasteiger partial charge is 0.311 e. The van der Waals surface area contributed by atoms with Gasteiger partial charge in [-0.25, -0.2) is 0 Å². The standard InChI is InChI=1S/C24H34N2O5S/c1-14(2)12-16(13-27)26-20-22(29)25(15(3)4)10-7-9-24(20)19(21(26)28)18-17(32-24)8-5-6-11-31-23(18)30/h5,7-9,14-20,27H,6,10-13H2,1-4H3/t16-,17+,18-,19+,20?,24+/m1/s1. The zero-order valence-electron chi connectivity index (χ0n) is 19.3. The number of carbonyl (C=O) groups excluding carboxylic acids is 3. The maximum atomic E-state index is 14.0. The second kappa shape index (κ2) is 8.86. The second-order valence-electron chi connectivity index (χ2n) is 9.92. The number of rotatable bonds is 5. The van der Waals surface area contributed by atoms with Crippen LogP contribution in [0.5, 0.6) is 0 Å². The highest BCUT2D eigenvalue weighted by Gasteiger charge is 2.71. The number of likely N-dealkylation sites (tertiary alicyclic amines) is 1. The quantitative estimate of drug-likeness (QED) is 0.497. The molecule has 8 heteroatoms. The molecule has 0 radical (unpaired) electrons. The van der Waals surface area contributed by atoms with Gasteiger partial charge in [0, 0.05) is 17.8 Å². The summed E-state index contributed by atoms with van der Waals surface area (Å²) in [5.41, 5.74) is 0. The Balaban J connectivity index is 1.86. The van der Waals surface area contributed by atoms with Crippen LogP contribution in [0.15, 0.2) is 24.3 Å². The van der Waals surface area contributed by atoms with Crippen molar-refractivity contribution in [2.24, 2.45) is 17.8 Å². The van der Waals surface area contributed by atoms with Crippen molar-refractivity contribution in [3.63, 3.8) is 0 Å².